The molecule has 3 rings (SSSR count). The molecule has 0 saturated carbocycles. The summed E-state index contributed by atoms with van der Waals surface area (Å²) in [7, 11) is -3.69. The third-order valence-electron chi connectivity index (χ3n) is 3.54. The van der Waals surface area contributed by atoms with E-state index in [2.05, 4.69) is 9.71 Å². The van der Waals surface area contributed by atoms with Crippen molar-refractivity contribution in [3.05, 3.63) is 64.1 Å². The van der Waals surface area contributed by atoms with Gasteiger partial charge in [0.2, 0.25) is 0 Å². The Morgan fingerprint density at radius 1 is 1.12 bits per heavy atom. The van der Waals surface area contributed by atoms with Crippen molar-refractivity contribution < 1.29 is 8.42 Å². The lowest BCUT2D eigenvalue weighted by atomic mass is 10.2. The van der Waals surface area contributed by atoms with Gasteiger partial charge in [-0.3, -0.25) is 4.72 Å². The van der Waals surface area contributed by atoms with Gasteiger partial charge in [0.05, 0.1) is 4.90 Å². The highest BCUT2D eigenvalue weighted by molar-refractivity contribution is 7.92. The first-order valence-corrected chi connectivity index (χ1v) is 9.90. The molecule has 0 amide bonds. The molecular formula is C17H15ClN2O2S2. The molecule has 0 aliphatic heterocycles. The zero-order valence-electron chi connectivity index (χ0n) is 13.1. The number of sulfonamides is 1. The Morgan fingerprint density at radius 3 is 2.62 bits per heavy atom. The number of aromatic nitrogens is 1. The van der Waals surface area contributed by atoms with Crippen LogP contribution >= 0.6 is 22.9 Å². The Balaban J connectivity index is 1.96. The van der Waals surface area contributed by atoms with Crippen LogP contribution in [0, 0.1) is 13.8 Å². The molecule has 24 heavy (non-hydrogen) atoms. The minimum absolute atomic E-state index is 0.226. The van der Waals surface area contributed by atoms with Crippen molar-refractivity contribution in [2.24, 2.45) is 0 Å². The summed E-state index contributed by atoms with van der Waals surface area (Å²) in [6.07, 6.45) is 1.72. The van der Waals surface area contributed by atoms with Crippen LogP contribution in [0.25, 0.3) is 10.6 Å². The molecule has 7 heteroatoms. The predicted octanol–water partition coefficient (Wildman–Crippen LogP) is 4.88. The molecule has 0 unspecified atom stereocenters. The largest absolute Gasteiger partial charge is 0.280 e. The van der Waals surface area contributed by atoms with Gasteiger partial charge in [0.25, 0.3) is 10.0 Å². The standard InChI is InChI=1S/C17H15ClN2O2S2/c1-11-9-16(12(2)8-15(11)18)24(21,22)20-14-5-3-4-13(10-14)17-19-6-7-23-17/h3-10,20H,1-2H3. The van der Waals surface area contributed by atoms with Gasteiger partial charge in [0.15, 0.2) is 0 Å². The maximum Gasteiger partial charge on any atom is 0.262 e. The van der Waals surface area contributed by atoms with Crippen LogP contribution < -0.4 is 4.72 Å². The lowest BCUT2D eigenvalue weighted by Gasteiger charge is -2.12. The van der Waals surface area contributed by atoms with Gasteiger partial charge in [0.1, 0.15) is 5.01 Å². The van der Waals surface area contributed by atoms with Crippen molar-refractivity contribution in [1.29, 1.82) is 0 Å². The van der Waals surface area contributed by atoms with Gasteiger partial charge < -0.3 is 0 Å². The monoisotopic (exact) mass is 378 g/mol. The number of nitrogens with zero attached hydrogens (tertiary/aromatic N) is 1. The van der Waals surface area contributed by atoms with Gasteiger partial charge in [-0.15, -0.1) is 11.3 Å². The summed E-state index contributed by atoms with van der Waals surface area (Å²) in [5.74, 6) is 0. The Labute approximate surface area is 150 Å². The van der Waals surface area contributed by atoms with Gasteiger partial charge in [0, 0.05) is 27.9 Å². The first-order valence-electron chi connectivity index (χ1n) is 7.16. The molecule has 0 fully saturated rings. The van der Waals surface area contributed by atoms with Crippen LogP contribution in [0.2, 0.25) is 5.02 Å². The molecule has 0 aliphatic carbocycles. The highest BCUT2D eigenvalue weighted by Gasteiger charge is 2.18. The normalized spacial score (nSPS) is 11.5. The summed E-state index contributed by atoms with van der Waals surface area (Å²) in [6.45, 7) is 3.51. The number of nitrogens with one attached hydrogen (secondary N) is 1. The summed E-state index contributed by atoms with van der Waals surface area (Å²) in [5, 5.41) is 3.28. The Bertz CT molecular complexity index is 984. The minimum atomic E-state index is -3.69. The molecule has 124 valence electrons. The molecule has 0 saturated heterocycles. The number of hydrogen-bond acceptors (Lipinski definition) is 4. The maximum absolute atomic E-state index is 12.7. The van der Waals surface area contributed by atoms with Crippen LogP contribution in [-0.4, -0.2) is 13.4 Å². The summed E-state index contributed by atoms with van der Waals surface area (Å²) in [4.78, 5) is 4.47. The van der Waals surface area contributed by atoms with E-state index in [9.17, 15) is 8.42 Å². The number of aryl methyl sites for hydroxylation is 2. The number of benzene rings is 2. The lowest BCUT2D eigenvalue weighted by molar-refractivity contribution is 0.600. The summed E-state index contributed by atoms with van der Waals surface area (Å²) >= 11 is 7.56. The molecule has 0 bridgehead atoms. The number of thiazole rings is 1. The molecular weight excluding hydrogens is 364 g/mol. The Morgan fingerprint density at radius 2 is 1.92 bits per heavy atom. The van der Waals surface area contributed by atoms with Crippen molar-refractivity contribution >= 4 is 38.6 Å². The number of rotatable bonds is 4. The third kappa shape index (κ3) is 3.45. The average molecular weight is 379 g/mol. The first kappa shape index (κ1) is 17.0. The molecule has 0 aliphatic rings. The summed E-state index contributed by atoms with van der Waals surface area (Å²) in [5.41, 5.74) is 2.69. The highest BCUT2D eigenvalue weighted by atomic mass is 35.5. The van der Waals surface area contributed by atoms with Crippen LogP contribution in [0.4, 0.5) is 5.69 Å². The van der Waals surface area contributed by atoms with Gasteiger partial charge in [-0.2, -0.15) is 0 Å². The topological polar surface area (TPSA) is 59.1 Å². The van der Waals surface area contributed by atoms with Gasteiger partial charge in [-0.05, 0) is 49.2 Å². The van der Waals surface area contributed by atoms with Gasteiger partial charge in [-0.25, -0.2) is 13.4 Å². The fourth-order valence-corrected chi connectivity index (χ4v) is 4.55. The number of hydrogen-bond donors (Lipinski definition) is 1. The molecule has 3 aromatic rings. The zero-order chi connectivity index (χ0) is 17.3. The van der Waals surface area contributed by atoms with Crippen molar-refractivity contribution in [2.45, 2.75) is 18.7 Å². The van der Waals surface area contributed by atoms with Crippen LogP contribution in [0.1, 0.15) is 11.1 Å². The SMILES string of the molecule is Cc1cc(S(=O)(=O)Nc2cccc(-c3nccs3)c2)c(C)cc1Cl. The van der Waals surface area contributed by atoms with Crippen molar-refractivity contribution in [3.63, 3.8) is 0 Å². The molecule has 0 radical (unpaired) electrons. The average Bonchev–Trinajstić information content (AvgIpc) is 3.05. The highest BCUT2D eigenvalue weighted by Crippen LogP contribution is 2.28. The Hall–Kier alpha value is -1.89. The fourth-order valence-electron chi connectivity index (χ4n) is 2.34. The quantitative estimate of drug-likeness (QED) is 0.703. The van der Waals surface area contributed by atoms with E-state index in [1.54, 1.807) is 50.4 Å². The van der Waals surface area contributed by atoms with Crippen molar-refractivity contribution in [3.8, 4) is 10.6 Å². The molecule has 4 nitrogen and oxygen atoms in total. The van der Waals surface area contributed by atoms with E-state index in [1.807, 2.05) is 11.4 Å². The summed E-state index contributed by atoms with van der Waals surface area (Å²) < 4.78 is 28.1. The second kappa shape index (κ2) is 6.55. The molecule has 1 aromatic heterocycles. The second-order valence-corrected chi connectivity index (χ2v) is 8.34. The van der Waals surface area contributed by atoms with Crippen LogP contribution in [0.15, 0.2) is 52.9 Å². The maximum atomic E-state index is 12.7. The van der Waals surface area contributed by atoms with Crippen LogP contribution in [0.3, 0.4) is 0 Å². The van der Waals surface area contributed by atoms with E-state index < -0.39 is 10.0 Å². The molecule has 0 atom stereocenters. The van der Waals surface area contributed by atoms with E-state index in [0.717, 1.165) is 16.1 Å². The number of anilines is 1. The second-order valence-electron chi connectivity index (χ2n) is 5.39. The fraction of sp³-hybridized carbons (Fsp3) is 0.118. The molecule has 1 N–H and O–H groups in total. The third-order valence-corrected chi connectivity index (χ3v) is 6.29. The zero-order valence-corrected chi connectivity index (χ0v) is 15.5. The summed E-state index contributed by atoms with van der Waals surface area (Å²) in [6, 6.07) is 10.4. The van der Waals surface area contributed by atoms with Gasteiger partial charge >= 0.3 is 0 Å². The van der Waals surface area contributed by atoms with Crippen molar-refractivity contribution in [2.75, 3.05) is 4.72 Å². The lowest BCUT2D eigenvalue weighted by Crippen LogP contribution is -2.14. The van der Waals surface area contributed by atoms with Crippen LogP contribution in [0.5, 0.6) is 0 Å². The van der Waals surface area contributed by atoms with E-state index in [1.165, 1.54) is 11.3 Å². The van der Waals surface area contributed by atoms with Gasteiger partial charge in [-0.1, -0.05) is 23.7 Å². The minimum Gasteiger partial charge on any atom is -0.280 e. The van der Waals surface area contributed by atoms with Crippen molar-refractivity contribution in [1.82, 2.24) is 4.98 Å². The predicted molar refractivity (Wildman–Crippen MR) is 99.3 cm³/mol. The van der Waals surface area contributed by atoms with E-state index >= 15 is 0 Å². The Kier molecular flexibility index (Phi) is 4.62. The number of halogens is 1. The molecule has 0 spiro atoms. The first-order chi connectivity index (χ1) is 11.4. The smallest absolute Gasteiger partial charge is 0.262 e. The molecule has 2 aromatic carbocycles. The van der Waals surface area contributed by atoms with E-state index in [-0.39, 0.29) is 4.90 Å². The van der Waals surface area contributed by atoms with Crippen LogP contribution in [-0.2, 0) is 10.0 Å². The van der Waals surface area contributed by atoms with E-state index in [4.69, 9.17) is 11.6 Å². The molecule has 1 heterocycles. The van der Waals surface area contributed by atoms with E-state index in [0.29, 0.717) is 16.3 Å².